The molecule has 1 aromatic carbocycles. The minimum absolute atomic E-state index is 0.0502. The van der Waals surface area contributed by atoms with Crippen LogP contribution in [-0.2, 0) is 11.3 Å². The molecule has 0 saturated carbocycles. The molecule has 2 aromatic rings. The van der Waals surface area contributed by atoms with E-state index in [9.17, 15) is 9.18 Å². The predicted octanol–water partition coefficient (Wildman–Crippen LogP) is 2.86. The van der Waals surface area contributed by atoms with E-state index in [0.29, 0.717) is 6.54 Å². The highest BCUT2D eigenvalue weighted by atomic mass is 19.1. The SMILES string of the molecule is COC(=O)c1cccc(CN[C@H](C)c2ccc(F)cc2)n1. The monoisotopic (exact) mass is 288 g/mol. The molecule has 0 saturated heterocycles. The highest BCUT2D eigenvalue weighted by molar-refractivity contribution is 5.87. The first kappa shape index (κ1) is 15.1. The van der Waals surface area contributed by atoms with Crippen molar-refractivity contribution in [1.82, 2.24) is 10.3 Å². The number of benzene rings is 1. The zero-order chi connectivity index (χ0) is 15.2. The van der Waals surface area contributed by atoms with Crippen LogP contribution in [0.15, 0.2) is 42.5 Å². The molecule has 2 rings (SSSR count). The maximum absolute atomic E-state index is 12.9. The van der Waals surface area contributed by atoms with E-state index in [4.69, 9.17) is 0 Å². The Morgan fingerprint density at radius 1 is 1.29 bits per heavy atom. The second-order valence-corrected chi connectivity index (χ2v) is 4.66. The van der Waals surface area contributed by atoms with Crippen molar-refractivity contribution in [2.75, 3.05) is 7.11 Å². The Hall–Kier alpha value is -2.27. The van der Waals surface area contributed by atoms with E-state index in [-0.39, 0.29) is 17.6 Å². The topological polar surface area (TPSA) is 51.2 Å². The van der Waals surface area contributed by atoms with Crippen molar-refractivity contribution < 1.29 is 13.9 Å². The molecule has 0 fully saturated rings. The molecule has 21 heavy (non-hydrogen) atoms. The van der Waals surface area contributed by atoms with Crippen molar-refractivity contribution in [2.24, 2.45) is 0 Å². The summed E-state index contributed by atoms with van der Waals surface area (Å²) in [4.78, 5) is 15.6. The maximum atomic E-state index is 12.9. The summed E-state index contributed by atoms with van der Waals surface area (Å²) in [5.74, 6) is -0.707. The van der Waals surface area contributed by atoms with Gasteiger partial charge in [0.1, 0.15) is 11.5 Å². The average molecular weight is 288 g/mol. The second-order valence-electron chi connectivity index (χ2n) is 4.66. The van der Waals surface area contributed by atoms with Gasteiger partial charge in [0.2, 0.25) is 0 Å². The van der Waals surface area contributed by atoms with Gasteiger partial charge in [0.15, 0.2) is 0 Å². The lowest BCUT2D eigenvalue weighted by molar-refractivity contribution is 0.0593. The first-order valence-corrected chi connectivity index (χ1v) is 6.63. The Morgan fingerprint density at radius 3 is 2.67 bits per heavy atom. The van der Waals surface area contributed by atoms with Gasteiger partial charge in [-0.25, -0.2) is 14.2 Å². The quantitative estimate of drug-likeness (QED) is 0.860. The van der Waals surface area contributed by atoms with Crippen LogP contribution in [0.2, 0.25) is 0 Å². The molecule has 0 radical (unpaired) electrons. The van der Waals surface area contributed by atoms with Gasteiger partial charge >= 0.3 is 5.97 Å². The van der Waals surface area contributed by atoms with E-state index in [2.05, 4.69) is 15.0 Å². The molecule has 0 aliphatic rings. The average Bonchev–Trinajstić information content (AvgIpc) is 2.52. The molecular formula is C16H17FN2O2. The lowest BCUT2D eigenvalue weighted by Gasteiger charge is -2.14. The van der Waals surface area contributed by atoms with Crippen LogP contribution in [-0.4, -0.2) is 18.1 Å². The number of pyridine rings is 1. The standard InChI is InChI=1S/C16H17FN2O2/c1-11(12-6-8-13(17)9-7-12)18-10-14-4-3-5-15(19-14)16(20)21-2/h3-9,11,18H,10H2,1-2H3/t11-/m1/s1. The molecule has 0 unspecified atom stereocenters. The molecule has 0 bridgehead atoms. The largest absolute Gasteiger partial charge is 0.464 e. The number of hydrogen-bond donors (Lipinski definition) is 1. The van der Waals surface area contributed by atoms with Gasteiger partial charge in [-0.2, -0.15) is 0 Å². The summed E-state index contributed by atoms with van der Waals surface area (Å²) >= 11 is 0. The molecule has 0 amide bonds. The van der Waals surface area contributed by atoms with E-state index in [1.54, 1.807) is 24.3 Å². The Balaban J connectivity index is 1.99. The number of rotatable bonds is 5. The minimum atomic E-state index is -0.455. The number of carbonyl (C=O) groups is 1. The van der Waals surface area contributed by atoms with Crippen LogP contribution in [0.1, 0.15) is 34.7 Å². The maximum Gasteiger partial charge on any atom is 0.356 e. The molecule has 4 nitrogen and oxygen atoms in total. The molecule has 0 spiro atoms. The zero-order valence-corrected chi connectivity index (χ0v) is 12.0. The van der Waals surface area contributed by atoms with Gasteiger partial charge in [-0.05, 0) is 36.8 Å². The number of ether oxygens (including phenoxy) is 1. The summed E-state index contributed by atoms with van der Waals surface area (Å²) in [6.07, 6.45) is 0. The molecule has 5 heteroatoms. The van der Waals surface area contributed by atoms with E-state index >= 15 is 0 Å². The van der Waals surface area contributed by atoms with Crippen molar-refractivity contribution in [3.05, 3.63) is 65.2 Å². The summed E-state index contributed by atoms with van der Waals surface area (Å²) in [6.45, 7) is 2.49. The molecule has 0 aliphatic heterocycles. The van der Waals surface area contributed by atoms with Crippen molar-refractivity contribution in [3.8, 4) is 0 Å². The highest BCUT2D eigenvalue weighted by Gasteiger charge is 2.09. The minimum Gasteiger partial charge on any atom is -0.464 e. The third-order valence-corrected chi connectivity index (χ3v) is 3.16. The van der Waals surface area contributed by atoms with Gasteiger partial charge in [-0.1, -0.05) is 18.2 Å². The van der Waals surface area contributed by atoms with E-state index in [1.165, 1.54) is 19.2 Å². The van der Waals surface area contributed by atoms with Crippen molar-refractivity contribution in [1.29, 1.82) is 0 Å². The van der Waals surface area contributed by atoms with Crippen LogP contribution < -0.4 is 5.32 Å². The summed E-state index contributed by atoms with van der Waals surface area (Å²) < 4.78 is 17.5. The van der Waals surface area contributed by atoms with Gasteiger partial charge in [0.05, 0.1) is 12.8 Å². The number of halogens is 1. The van der Waals surface area contributed by atoms with Crippen LogP contribution in [0.25, 0.3) is 0 Å². The number of carbonyl (C=O) groups excluding carboxylic acids is 1. The van der Waals surface area contributed by atoms with Gasteiger partial charge in [-0.3, -0.25) is 0 Å². The number of esters is 1. The van der Waals surface area contributed by atoms with Crippen LogP contribution in [0.5, 0.6) is 0 Å². The molecule has 1 atom stereocenters. The summed E-state index contributed by atoms with van der Waals surface area (Å²) in [6, 6.07) is 11.6. The molecule has 1 N–H and O–H groups in total. The molecule has 1 heterocycles. The normalized spacial score (nSPS) is 12.0. The van der Waals surface area contributed by atoms with Crippen molar-refractivity contribution >= 4 is 5.97 Å². The number of methoxy groups -OCH3 is 1. The lowest BCUT2D eigenvalue weighted by atomic mass is 10.1. The fraction of sp³-hybridized carbons (Fsp3) is 0.250. The Labute approximate surface area is 123 Å². The molecule has 1 aromatic heterocycles. The Kier molecular flexibility index (Phi) is 5.00. The number of nitrogens with one attached hydrogen (secondary N) is 1. The van der Waals surface area contributed by atoms with E-state index < -0.39 is 5.97 Å². The van der Waals surface area contributed by atoms with Gasteiger partial charge in [0, 0.05) is 12.6 Å². The smallest absolute Gasteiger partial charge is 0.356 e. The third kappa shape index (κ3) is 4.10. The number of aromatic nitrogens is 1. The molecule has 0 aliphatic carbocycles. The van der Waals surface area contributed by atoms with E-state index in [0.717, 1.165) is 11.3 Å². The lowest BCUT2D eigenvalue weighted by Crippen LogP contribution is -2.19. The fourth-order valence-electron chi connectivity index (χ4n) is 1.92. The van der Waals surface area contributed by atoms with Crippen molar-refractivity contribution in [2.45, 2.75) is 19.5 Å². The first-order valence-electron chi connectivity index (χ1n) is 6.63. The Bertz CT molecular complexity index is 614. The van der Waals surface area contributed by atoms with Crippen LogP contribution in [0.4, 0.5) is 4.39 Å². The summed E-state index contributed by atoms with van der Waals surface area (Å²) in [5, 5.41) is 3.28. The molecular weight excluding hydrogens is 271 g/mol. The third-order valence-electron chi connectivity index (χ3n) is 3.16. The molecule has 110 valence electrons. The highest BCUT2D eigenvalue weighted by Crippen LogP contribution is 2.13. The Morgan fingerprint density at radius 2 is 2.00 bits per heavy atom. The zero-order valence-electron chi connectivity index (χ0n) is 12.0. The summed E-state index contributed by atoms with van der Waals surface area (Å²) in [7, 11) is 1.32. The summed E-state index contributed by atoms with van der Waals surface area (Å²) in [5.41, 5.74) is 2.01. The number of nitrogens with zero attached hydrogens (tertiary/aromatic N) is 1. The van der Waals surface area contributed by atoms with Gasteiger partial charge < -0.3 is 10.1 Å². The van der Waals surface area contributed by atoms with Gasteiger partial charge in [0.25, 0.3) is 0 Å². The van der Waals surface area contributed by atoms with Crippen LogP contribution in [0.3, 0.4) is 0 Å². The van der Waals surface area contributed by atoms with E-state index in [1.807, 2.05) is 13.0 Å². The van der Waals surface area contributed by atoms with Crippen LogP contribution in [0, 0.1) is 5.82 Å². The first-order chi connectivity index (χ1) is 10.1. The number of hydrogen-bond acceptors (Lipinski definition) is 4. The second kappa shape index (κ2) is 6.95. The van der Waals surface area contributed by atoms with Crippen LogP contribution >= 0.6 is 0 Å². The fourth-order valence-corrected chi connectivity index (χ4v) is 1.92. The predicted molar refractivity (Wildman–Crippen MR) is 77.2 cm³/mol. The van der Waals surface area contributed by atoms with Gasteiger partial charge in [-0.15, -0.1) is 0 Å². The van der Waals surface area contributed by atoms with Crippen molar-refractivity contribution in [3.63, 3.8) is 0 Å².